The molecule has 254 valence electrons. The molecule has 8 aromatic carbocycles. The Balaban J connectivity index is 1.08. The normalized spacial score (nSPS) is 14.5. The second-order valence-electron chi connectivity index (χ2n) is 13.8. The summed E-state index contributed by atoms with van der Waals surface area (Å²) in [6.07, 6.45) is 0. The molecule has 0 spiro atoms. The van der Waals surface area contributed by atoms with Gasteiger partial charge in [-0.1, -0.05) is 159 Å². The van der Waals surface area contributed by atoms with Crippen LogP contribution >= 0.6 is 0 Å². The number of benzene rings is 8. The van der Waals surface area contributed by atoms with Crippen molar-refractivity contribution in [3.63, 3.8) is 0 Å². The lowest BCUT2D eigenvalue weighted by Gasteiger charge is -2.42. The van der Waals surface area contributed by atoms with Crippen LogP contribution < -0.4 is 9.80 Å². The van der Waals surface area contributed by atoms with E-state index in [0.717, 1.165) is 17.1 Å². The molecule has 0 aromatic heterocycles. The molecule has 0 radical (unpaired) electrons. The Morgan fingerprint density at radius 1 is 0.321 bits per heavy atom. The first kappa shape index (κ1) is 32.3. The van der Waals surface area contributed by atoms with Crippen LogP contribution in [0.3, 0.4) is 0 Å². The SMILES string of the molecule is CC1c2ccccc2-c2ccccc2C1N(c1ccccc1)c1ccc(-c2cccc(N(c3ccccc3)c3ccc(-c4ccccc4)cc3)c2)cc1. The van der Waals surface area contributed by atoms with Crippen LogP contribution in [0.4, 0.5) is 28.4 Å². The van der Waals surface area contributed by atoms with Crippen molar-refractivity contribution in [1.29, 1.82) is 0 Å². The fourth-order valence-corrected chi connectivity index (χ4v) is 8.10. The van der Waals surface area contributed by atoms with Crippen molar-refractivity contribution in [2.45, 2.75) is 18.9 Å². The van der Waals surface area contributed by atoms with Crippen molar-refractivity contribution in [3.8, 4) is 33.4 Å². The third kappa shape index (κ3) is 6.19. The molecule has 0 N–H and O–H groups in total. The summed E-state index contributed by atoms with van der Waals surface area (Å²) in [6, 6.07) is 76.9. The predicted molar refractivity (Wildman–Crippen MR) is 224 cm³/mol. The number of hydrogen-bond donors (Lipinski definition) is 0. The molecule has 0 amide bonds. The van der Waals surface area contributed by atoms with Gasteiger partial charge in [-0.3, -0.25) is 0 Å². The zero-order valence-corrected chi connectivity index (χ0v) is 29.8. The van der Waals surface area contributed by atoms with Crippen molar-refractivity contribution in [2.24, 2.45) is 0 Å². The van der Waals surface area contributed by atoms with Crippen molar-refractivity contribution >= 4 is 28.4 Å². The van der Waals surface area contributed by atoms with Gasteiger partial charge in [-0.2, -0.15) is 0 Å². The van der Waals surface area contributed by atoms with E-state index in [1.165, 1.54) is 55.9 Å². The molecule has 0 saturated carbocycles. The van der Waals surface area contributed by atoms with Gasteiger partial charge in [0.05, 0.1) is 6.04 Å². The van der Waals surface area contributed by atoms with E-state index in [9.17, 15) is 0 Å². The molecule has 2 nitrogen and oxygen atoms in total. The first-order chi connectivity index (χ1) is 26.2. The first-order valence-electron chi connectivity index (χ1n) is 18.5. The van der Waals surface area contributed by atoms with Gasteiger partial charge in [-0.05, 0) is 105 Å². The Morgan fingerprint density at radius 2 is 0.736 bits per heavy atom. The number of anilines is 5. The van der Waals surface area contributed by atoms with Gasteiger partial charge in [0.25, 0.3) is 0 Å². The molecule has 53 heavy (non-hydrogen) atoms. The van der Waals surface area contributed by atoms with Gasteiger partial charge in [0.2, 0.25) is 0 Å². The predicted octanol–water partition coefficient (Wildman–Crippen LogP) is 14.2. The van der Waals surface area contributed by atoms with Crippen LogP contribution in [-0.2, 0) is 0 Å². The van der Waals surface area contributed by atoms with Gasteiger partial charge in [-0.25, -0.2) is 0 Å². The van der Waals surface area contributed by atoms with Crippen molar-refractivity contribution in [1.82, 2.24) is 0 Å². The van der Waals surface area contributed by atoms with Gasteiger partial charge in [0, 0.05) is 34.4 Å². The minimum atomic E-state index is 0.130. The van der Waals surface area contributed by atoms with Crippen LogP contribution in [-0.4, -0.2) is 0 Å². The number of hydrogen-bond acceptors (Lipinski definition) is 2. The highest BCUT2D eigenvalue weighted by molar-refractivity contribution is 5.82. The van der Waals surface area contributed by atoms with E-state index in [0.29, 0.717) is 0 Å². The van der Waals surface area contributed by atoms with Gasteiger partial charge >= 0.3 is 0 Å². The second-order valence-corrected chi connectivity index (χ2v) is 13.8. The van der Waals surface area contributed by atoms with E-state index < -0.39 is 0 Å². The molecule has 1 aliphatic carbocycles. The maximum atomic E-state index is 2.54. The van der Waals surface area contributed by atoms with Crippen LogP contribution in [0.1, 0.15) is 30.0 Å². The van der Waals surface area contributed by atoms with E-state index >= 15 is 0 Å². The Morgan fingerprint density at radius 3 is 1.40 bits per heavy atom. The maximum Gasteiger partial charge on any atom is 0.0663 e. The summed E-state index contributed by atoms with van der Waals surface area (Å²) in [5, 5.41) is 0. The highest BCUT2D eigenvalue weighted by atomic mass is 15.2. The van der Waals surface area contributed by atoms with Crippen LogP contribution in [0.15, 0.2) is 212 Å². The smallest absolute Gasteiger partial charge is 0.0663 e. The molecular weight excluding hydrogens is 641 g/mol. The fraction of sp³-hybridized carbons (Fsp3) is 0.0588. The molecule has 1 aliphatic rings. The maximum absolute atomic E-state index is 2.54. The number of nitrogens with zero attached hydrogens (tertiary/aromatic N) is 2. The third-order valence-corrected chi connectivity index (χ3v) is 10.6. The van der Waals surface area contributed by atoms with Crippen LogP contribution in [0.25, 0.3) is 33.4 Å². The Labute approximate surface area is 312 Å². The second kappa shape index (κ2) is 14.2. The summed E-state index contributed by atoms with van der Waals surface area (Å²) in [5.74, 6) is 0.281. The first-order valence-corrected chi connectivity index (χ1v) is 18.5. The van der Waals surface area contributed by atoms with Gasteiger partial charge < -0.3 is 9.80 Å². The monoisotopic (exact) mass is 680 g/mol. The molecule has 0 bridgehead atoms. The Hall–Kier alpha value is -6.64. The van der Waals surface area contributed by atoms with E-state index in [-0.39, 0.29) is 12.0 Å². The summed E-state index contributed by atoms with van der Waals surface area (Å²) < 4.78 is 0. The molecule has 0 fully saturated rings. The summed E-state index contributed by atoms with van der Waals surface area (Å²) in [5.41, 5.74) is 15.9. The quantitative estimate of drug-likeness (QED) is 0.158. The van der Waals surface area contributed by atoms with E-state index in [4.69, 9.17) is 0 Å². The summed E-state index contributed by atoms with van der Waals surface area (Å²) in [7, 11) is 0. The lowest BCUT2D eigenvalue weighted by Crippen LogP contribution is -2.31. The number of para-hydroxylation sites is 2. The lowest BCUT2D eigenvalue weighted by atomic mass is 9.75. The summed E-state index contributed by atoms with van der Waals surface area (Å²) in [6.45, 7) is 2.38. The average Bonchev–Trinajstić information content (AvgIpc) is 3.24. The molecule has 0 aliphatic heterocycles. The zero-order valence-electron chi connectivity index (χ0n) is 29.8. The molecular formula is C51H40N2. The van der Waals surface area contributed by atoms with Crippen molar-refractivity contribution < 1.29 is 0 Å². The Kier molecular flexibility index (Phi) is 8.63. The minimum absolute atomic E-state index is 0.130. The van der Waals surface area contributed by atoms with E-state index in [1.54, 1.807) is 0 Å². The standard InChI is InChI=1S/C51H40N2/c1-37-47-24-11-12-25-48(47)49-26-13-14-27-50(49)51(37)53(43-21-9-4-10-22-43)45-34-30-40(31-35-45)41-18-15-23-46(36-41)52(42-19-7-3-8-20-42)44-32-28-39(29-33-44)38-16-5-2-6-17-38/h2-37,51H,1H3. The molecule has 0 saturated heterocycles. The molecule has 8 aromatic rings. The summed E-state index contributed by atoms with van der Waals surface area (Å²) >= 11 is 0. The molecule has 2 heteroatoms. The van der Waals surface area contributed by atoms with Crippen LogP contribution in [0.2, 0.25) is 0 Å². The topological polar surface area (TPSA) is 6.48 Å². The Bertz CT molecular complexity index is 2450. The number of rotatable bonds is 8. The lowest BCUT2D eigenvalue weighted by molar-refractivity contribution is 0.576. The van der Waals surface area contributed by atoms with Crippen molar-refractivity contribution in [3.05, 3.63) is 223 Å². The molecule has 9 rings (SSSR count). The van der Waals surface area contributed by atoms with E-state index in [2.05, 4.69) is 229 Å². The van der Waals surface area contributed by atoms with Crippen LogP contribution in [0, 0.1) is 0 Å². The van der Waals surface area contributed by atoms with Crippen LogP contribution in [0.5, 0.6) is 0 Å². The highest BCUT2D eigenvalue weighted by Crippen LogP contribution is 2.51. The average molecular weight is 681 g/mol. The minimum Gasteiger partial charge on any atom is -0.333 e. The molecule has 2 atom stereocenters. The highest BCUT2D eigenvalue weighted by Gasteiger charge is 2.35. The summed E-state index contributed by atoms with van der Waals surface area (Å²) in [4.78, 5) is 4.87. The van der Waals surface area contributed by atoms with Gasteiger partial charge in [0.15, 0.2) is 0 Å². The van der Waals surface area contributed by atoms with Gasteiger partial charge in [0.1, 0.15) is 0 Å². The molecule has 2 unspecified atom stereocenters. The number of fused-ring (bicyclic) bond motifs is 3. The van der Waals surface area contributed by atoms with Crippen molar-refractivity contribution in [2.75, 3.05) is 9.80 Å². The van der Waals surface area contributed by atoms with E-state index in [1.807, 2.05) is 0 Å². The zero-order chi connectivity index (χ0) is 35.6. The van der Waals surface area contributed by atoms with Gasteiger partial charge in [-0.15, -0.1) is 0 Å². The molecule has 0 heterocycles. The largest absolute Gasteiger partial charge is 0.333 e. The third-order valence-electron chi connectivity index (χ3n) is 10.6. The fourth-order valence-electron chi connectivity index (χ4n) is 8.10.